The Morgan fingerprint density at radius 2 is 1.74 bits per heavy atom. The first-order valence-electron chi connectivity index (χ1n) is 9.44. The molecule has 0 atom stereocenters. The zero-order chi connectivity index (χ0) is 23.1. The maximum atomic E-state index is 14.7. The number of hydrogen-bond acceptors (Lipinski definition) is 5. The molecule has 0 aliphatic heterocycles. The van der Waals surface area contributed by atoms with Crippen molar-refractivity contribution in [2.75, 3.05) is 6.54 Å². The predicted molar refractivity (Wildman–Crippen MR) is 101 cm³/mol. The molecule has 7 nitrogen and oxygen atoms in total. The molecule has 170 valence electrons. The third-order valence-corrected chi connectivity index (χ3v) is 4.84. The molecule has 0 bridgehead atoms. The van der Waals surface area contributed by atoms with Crippen molar-refractivity contribution in [1.29, 1.82) is 0 Å². The van der Waals surface area contributed by atoms with Gasteiger partial charge in [-0.1, -0.05) is 35.5 Å². The summed E-state index contributed by atoms with van der Waals surface area (Å²) in [6.07, 6.45) is -3.72. The summed E-state index contributed by atoms with van der Waals surface area (Å²) in [5, 5.41) is 23.2. The lowest BCUT2D eigenvalue weighted by molar-refractivity contribution is -0.192. The van der Waals surface area contributed by atoms with Crippen LogP contribution in [-0.2, 0) is 16.1 Å². The largest absolute Gasteiger partial charge is 0.490 e. The maximum Gasteiger partial charge on any atom is 0.490 e. The summed E-state index contributed by atoms with van der Waals surface area (Å²) in [6.45, 7) is 0.622. The van der Waals surface area contributed by atoms with Gasteiger partial charge in [-0.15, -0.1) is 0 Å². The molecule has 1 heterocycles. The van der Waals surface area contributed by atoms with Crippen LogP contribution in [0.1, 0.15) is 31.4 Å². The second-order valence-electron chi connectivity index (χ2n) is 7.22. The second-order valence-corrected chi connectivity index (χ2v) is 7.22. The average molecular weight is 446 g/mol. The van der Waals surface area contributed by atoms with E-state index in [1.54, 1.807) is 0 Å². The van der Waals surface area contributed by atoms with Gasteiger partial charge < -0.3 is 20.1 Å². The first kappa shape index (κ1) is 24.3. The molecule has 1 saturated carbocycles. The van der Waals surface area contributed by atoms with Crippen molar-refractivity contribution >= 4 is 11.9 Å². The summed E-state index contributed by atoms with van der Waals surface area (Å²) in [6, 6.07) is 11.5. The van der Waals surface area contributed by atoms with Crippen molar-refractivity contribution in [3.63, 3.8) is 0 Å². The highest BCUT2D eigenvalue weighted by Crippen LogP contribution is 2.35. The standard InChI is InChI=1S/C18H21FN2O3.C2HF3O2/c19-18(8-6-14(7-9-18)17(22)23)12-20-11-15-10-16(24-21-15)13-4-2-1-3-5-13;3-2(4,5)1(6)7/h1-5,10,14,20H,6-9,11-12H2,(H,22,23);(H,6,7). The van der Waals surface area contributed by atoms with Crippen LogP contribution < -0.4 is 5.32 Å². The van der Waals surface area contributed by atoms with Gasteiger partial charge in [0.05, 0.1) is 11.6 Å². The van der Waals surface area contributed by atoms with Gasteiger partial charge in [0, 0.05) is 24.7 Å². The molecule has 2 aromatic rings. The average Bonchev–Trinajstić information content (AvgIpc) is 3.17. The Bertz CT molecular complexity index is 862. The summed E-state index contributed by atoms with van der Waals surface area (Å²) in [4.78, 5) is 19.8. The minimum atomic E-state index is -5.08. The van der Waals surface area contributed by atoms with Gasteiger partial charge in [-0.2, -0.15) is 13.2 Å². The van der Waals surface area contributed by atoms with Crippen molar-refractivity contribution in [2.24, 2.45) is 5.92 Å². The molecule has 31 heavy (non-hydrogen) atoms. The number of benzene rings is 1. The zero-order valence-electron chi connectivity index (χ0n) is 16.4. The minimum Gasteiger partial charge on any atom is -0.481 e. The zero-order valence-corrected chi connectivity index (χ0v) is 16.4. The number of hydrogen-bond donors (Lipinski definition) is 3. The van der Waals surface area contributed by atoms with Crippen LogP contribution in [0, 0.1) is 5.92 Å². The molecule has 3 N–H and O–H groups in total. The van der Waals surface area contributed by atoms with E-state index in [1.165, 1.54) is 0 Å². The van der Waals surface area contributed by atoms with Gasteiger partial charge in [-0.05, 0) is 25.7 Å². The van der Waals surface area contributed by atoms with Gasteiger partial charge in [-0.25, -0.2) is 9.18 Å². The number of rotatable bonds is 6. The molecule has 0 radical (unpaired) electrons. The van der Waals surface area contributed by atoms with E-state index < -0.39 is 29.7 Å². The highest BCUT2D eigenvalue weighted by molar-refractivity contribution is 5.73. The van der Waals surface area contributed by atoms with Gasteiger partial charge in [-0.3, -0.25) is 4.79 Å². The molecule has 1 aliphatic carbocycles. The predicted octanol–water partition coefficient (Wildman–Crippen LogP) is 4.05. The third-order valence-electron chi connectivity index (χ3n) is 4.84. The third kappa shape index (κ3) is 7.67. The molecule has 1 fully saturated rings. The van der Waals surface area contributed by atoms with E-state index in [2.05, 4.69) is 10.5 Å². The number of halogens is 4. The second kappa shape index (κ2) is 10.4. The highest BCUT2D eigenvalue weighted by Gasteiger charge is 2.38. The van der Waals surface area contributed by atoms with Crippen LogP contribution in [0.15, 0.2) is 40.9 Å². The summed E-state index contributed by atoms with van der Waals surface area (Å²) < 4.78 is 51.7. The normalized spacial score (nSPS) is 21.1. The van der Waals surface area contributed by atoms with E-state index in [9.17, 15) is 22.4 Å². The Kier molecular flexibility index (Phi) is 8.14. The van der Waals surface area contributed by atoms with Crippen LogP contribution in [0.5, 0.6) is 0 Å². The molecule has 0 saturated heterocycles. The molecular weight excluding hydrogens is 424 g/mol. The number of aliphatic carboxylic acids is 2. The van der Waals surface area contributed by atoms with Crippen molar-refractivity contribution < 1.29 is 41.9 Å². The number of nitrogens with one attached hydrogen (secondary N) is 1. The van der Waals surface area contributed by atoms with Crippen LogP contribution in [0.4, 0.5) is 17.6 Å². The van der Waals surface area contributed by atoms with Gasteiger partial charge in [0.1, 0.15) is 5.67 Å². The van der Waals surface area contributed by atoms with Crippen molar-refractivity contribution in [2.45, 2.75) is 44.1 Å². The van der Waals surface area contributed by atoms with E-state index in [4.69, 9.17) is 19.5 Å². The van der Waals surface area contributed by atoms with Gasteiger partial charge in [0.15, 0.2) is 5.76 Å². The Morgan fingerprint density at radius 3 is 2.26 bits per heavy atom. The van der Waals surface area contributed by atoms with Crippen molar-refractivity contribution in [3.8, 4) is 11.3 Å². The number of carboxylic acids is 2. The topological polar surface area (TPSA) is 113 Å². The number of nitrogens with zero attached hydrogens (tertiary/aromatic N) is 1. The van der Waals surface area contributed by atoms with Gasteiger partial charge in [0.25, 0.3) is 0 Å². The van der Waals surface area contributed by atoms with Crippen LogP contribution in [0.2, 0.25) is 0 Å². The lowest BCUT2D eigenvalue weighted by Crippen LogP contribution is -2.40. The fourth-order valence-corrected chi connectivity index (χ4v) is 3.11. The summed E-state index contributed by atoms with van der Waals surface area (Å²) in [5.74, 6) is -3.30. The lowest BCUT2D eigenvalue weighted by atomic mass is 9.80. The Morgan fingerprint density at radius 1 is 1.16 bits per heavy atom. The van der Waals surface area contributed by atoms with E-state index in [-0.39, 0.29) is 19.4 Å². The molecule has 1 aromatic heterocycles. The first-order valence-corrected chi connectivity index (χ1v) is 9.44. The number of carboxylic acid groups (broad SMARTS) is 2. The van der Waals surface area contributed by atoms with E-state index in [1.807, 2.05) is 36.4 Å². The quantitative estimate of drug-likeness (QED) is 0.574. The maximum absolute atomic E-state index is 14.7. The Labute approximate surface area is 175 Å². The molecule has 11 heteroatoms. The van der Waals surface area contributed by atoms with Crippen LogP contribution in [0.3, 0.4) is 0 Å². The molecule has 0 amide bonds. The number of aromatic nitrogens is 1. The van der Waals surface area contributed by atoms with E-state index >= 15 is 0 Å². The van der Waals surface area contributed by atoms with Crippen molar-refractivity contribution in [1.82, 2.24) is 10.5 Å². The lowest BCUT2D eigenvalue weighted by Gasteiger charge is -2.32. The van der Waals surface area contributed by atoms with Gasteiger partial charge in [0.2, 0.25) is 0 Å². The molecule has 3 rings (SSSR count). The molecular formula is C20H22F4N2O5. The molecule has 1 aliphatic rings. The van der Waals surface area contributed by atoms with E-state index in [0.29, 0.717) is 25.1 Å². The minimum absolute atomic E-state index is 0.201. The van der Waals surface area contributed by atoms with Crippen LogP contribution in [0.25, 0.3) is 11.3 Å². The SMILES string of the molecule is O=C(O)C(F)(F)F.O=C(O)C1CCC(F)(CNCc2cc(-c3ccccc3)on2)CC1. The van der Waals surface area contributed by atoms with Crippen molar-refractivity contribution in [3.05, 3.63) is 42.1 Å². The summed E-state index contributed by atoms with van der Waals surface area (Å²) in [5.41, 5.74) is 0.333. The number of alkyl halides is 4. The fourth-order valence-electron chi connectivity index (χ4n) is 3.11. The van der Waals surface area contributed by atoms with Gasteiger partial charge >= 0.3 is 18.1 Å². The summed E-state index contributed by atoms with van der Waals surface area (Å²) >= 11 is 0. The highest BCUT2D eigenvalue weighted by atomic mass is 19.4. The molecule has 0 spiro atoms. The van der Waals surface area contributed by atoms with Crippen LogP contribution in [-0.4, -0.2) is 45.7 Å². The fraction of sp³-hybridized carbons (Fsp3) is 0.450. The Hall–Kier alpha value is -2.95. The summed E-state index contributed by atoms with van der Waals surface area (Å²) in [7, 11) is 0. The molecule has 1 aromatic carbocycles. The van der Waals surface area contributed by atoms with Crippen LogP contribution >= 0.6 is 0 Å². The molecule has 0 unspecified atom stereocenters. The Balaban J connectivity index is 0.000000423. The van der Waals surface area contributed by atoms with E-state index in [0.717, 1.165) is 11.3 Å². The monoisotopic (exact) mass is 446 g/mol. The smallest absolute Gasteiger partial charge is 0.481 e. The number of carbonyl (C=O) groups is 2. The first-order chi connectivity index (χ1) is 14.5.